The van der Waals surface area contributed by atoms with Gasteiger partial charge < -0.3 is 29.1 Å². The number of ether oxygens (including phenoxy) is 3. The molecule has 0 aromatic heterocycles. The van der Waals surface area contributed by atoms with Crippen LogP contribution < -0.4 is 0 Å². The molecule has 1 N–H and O–H groups in total. The summed E-state index contributed by atoms with van der Waals surface area (Å²) in [7, 11) is 7.23. The topological polar surface area (TPSA) is 143 Å². The summed E-state index contributed by atoms with van der Waals surface area (Å²) in [6.45, 7) is 21.7. The van der Waals surface area contributed by atoms with Crippen molar-refractivity contribution in [1.29, 1.82) is 0 Å². The highest BCUT2D eigenvalue weighted by atomic mass is 16.6. The van der Waals surface area contributed by atoms with Gasteiger partial charge in [-0.15, -0.1) is 0 Å². The standard InChI is InChI=1S/C49H83N3O9/c1-15-34(6)46(51(12)31-38(32(2)3)29-41(54)45(33(4)5)50(11)25-20-24-44(56)57)42(59-13)30-43(55)52-26-19-23-39(52)47(60-14)35(7)40(53)28-37(48(58)61-49(8,9)10)27-36-21-17-16-18-22-36/h16-18,21-22,32-35,37-39,42,45-47H,15,19-20,23-31H2,1-14H3,(H,56,57)/t34-,35-,37+,38+,39-,42+,45-,46-,47+/m0/s1. The number of aliphatic carboxylic acids is 1. The van der Waals surface area contributed by atoms with Gasteiger partial charge in [0.25, 0.3) is 0 Å². The minimum absolute atomic E-state index is 0.00472. The normalized spacial score (nSPS) is 18.8. The maximum absolute atomic E-state index is 14.4. The summed E-state index contributed by atoms with van der Waals surface area (Å²) in [6.07, 6.45) is 2.87. The summed E-state index contributed by atoms with van der Waals surface area (Å²) >= 11 is 0. The molecule has 12 heteroatoms. The molecule has 1 aromatic rings. The lowest BCUT2D eigenvalue weighted by Crippen LogP contribution is -2.52. The Kier molecular flexibility index (Phi) is 22.8. The SMILES string of the molecule is CC[C@H](C)[C@@H]([C@@H](CC(=O)N1CCC[C@H]1[C@H](OC)[C@@H](C)C(=O)C[C@@H](Cc1ccccc1)C(=O)OC(C)(C)C)OC)N(C)C[C@@H](CC(=O)[C@H](C(C)C)N(C)CCCC(=O)O)C(C)C. The smallest absolute Gasteiger partial charge is 0.310 e. The molecule has 9 atom stereocenters. The molecule has 1 aliphatic rings. The number of likely N-dealkylation sites (N-methyl/N-ethyl adjacent to an activating group) is 2. The predicted molar refractivity (Wildman–Crippen MR) is 241 cm³/mol. The van der Waals surface area contributed by atoms with Gasteiger partial charge in [0.05, 0.1) is 36.6 Å². The molecular formula is C49H83N3O9. The van der Waals surface area contributed by atoms with Crippen LogP contribution in [0.25, 0.3) is 0 Å². The number of ketones is 2. The van der Waals surface area contributed by atoms with Crippen molar-refractivity contribution < 1.29 is 43.3 Å². The number of carbonyl (C=O) groups is 5. The van der Waals surface area contributed by atoms with Gasteiger partial charge in [-0.3, -0.25) is 28.9 Å². The molecule has 0 radical (unpaired) electrons. The van der Waals surface area contributed by atoms with Crippen LogP contribution >= 0.6 is 0 Å². The molecular weight excluding hydrogens is 775 g/mol. The Balaban J connectivity index is 2.26. The van der Waals surface area contributed by atoms with E-state index < -0.39 is 41.6 Å². The molecule has 0 bridgehead atoms. The highest BCUT2D eigenvalue weighted by Crippen LogP contribution is 2.32. The Morgan fingerprint density at radius 2 is 1.51 bits per heavy atom. The first-order valence-electron chi connectivity index (χ1n) is 22.9. The Labute approximate surface area is 368 Å². The van der Waals surface area contributed by atoms with Gasteiger partial charge in [-0.25, -0.2) is 0 Å². The molecule has 61 heavy (non-hydrogen) atoms. The number of hydrogen-bond donors (Lipinski definition) is 1. The first kappa shape index (κ1) is 53.9. The van der Waals surface area contributed by atoms with Gasteiger partial charge in [-0.1, -0.05) is 85.2 Å². The van der Waals surface area contributed by atoms with Gasteiger partial charge in [0.15, 0.2) is 5.78 Å². The van der Waals surface area contributed by atoms with E-state index in [4.69, 9.17) is 19.3 Å². The van der Waals surface area contributed by atoms with Crippen LogP contribution in [0.2, 0.25) is 0 Å². The number of nitrogens with zero attached hydrogens (tertiary/aromatic N) is 3. The number of amides is 1. The number of rotatable bonds is 28. The third-order valence-electron chi connectivity index (χ3n) is 12.8. The molecule has 1 aromatic carbocycles. The van der Waals surface area contributed by atoms with Gasteiger partial charge in [0, 0.05) is 58.5 Å². The van der Waals surface area contributed by atoms with Crippen molar-refractivity contribution in [3.8, 4) is 0 Å². The van der Waals surface area contributed by atoms with Crippen LogP contribution in [0, 0.1) is 35.5 Å². The first-order valence-corrected chi connectivity index (χ1v) is 22.9. The summed E-state index contributed by atoms with van der Waals surface area (Å²) in [5.74, 6) is -1.93. The number of carbonyl (C=O) groups excluding carboxylic acids is 4. The van der Waals surface area contributed by atoms with E-state index in [0.717, 1.165) is 18.4 Å². The maximum Gasteiger partial charge on any atom is 0.310 e. The average Bonchev–Trinajstić information content (AvgIpc) is 3.66. The third kappa shape index (κ3) is 17.1. The van der Waals surface area contributed by atoms with E-state index in [1.54, 1.807) is 14.2 Å². The number of methoxy groups -OCH3 is 2. The van der Waals surface area contributed by atoms with E-state index >= 15 is 0 Å². The van der Waals surface area contributed by atoms with E-state index in [0.29, 0.717) is 45.3 Å². The molecule has 0 unspecified atom stereocenters. The summed E-state index contributed by atoms with van der Waals surface area (Å²) in [6, 6.07) is 8.92. The van der Waals surface area contributed by atoms with Gasteiger partial charge in [0.1, 0.15) is 11.4 Å². The van der Waals surface area contributed by atoms with Crippen molar-refractivity contribution in [2.45, 2.75) is 163 Å². The highest BCUT2D eigenvalue weighted by Gasteiger charge is 2.43. The third-order valence-corrected chi connectivity index (χ3v) is 12.8. The number of benzene rings is 1. The quantitative estimate of drug-likeness (QED) is 0.0833. The molecule has 1 aliphatic heterocycles. The van der Waals surface area contributed by atoms with Crippen molar-refractivity contribution in [2.24, 2.45) is 35.5 Å². The zero-order chi connectivity index (χ0) is 46.2. The second-order valence-corrected chi connectivity index (χ2v) is 19.5. The van der Waals surface area contributed by atoms with Crippen LogP contribution in [0.3, 0.4) is 0 Å². The highest BCUT2D eigenvalue weighted by molar-refractivity contribution is 5.87. The van der Waals surface area contributed by atoms with E-state index in [1.165, 1.54) is 0 Å². The molecule has 1 amide bonds. The Bertz CT molecular complexity index is 1510. The van der Waals surface area contributed by atoms with Crippen LogP contribution in [0.5, 0.6) is 0 Å². The summed E-state index contributed by atoms with van der Waals surface area (Å²) < 4.78 is 18.0. The van der Waals surface area contributed by atoms with Gasteiger partial charge in [-0.05, 0) is 96.3 Å². The molecule has 1 heterocycles. The molecule has 1 saturated heterocycles. The van der Waals surface area contributed by atoms with Gasteiger partial charge in [0.2, 0.25) is 5.91 Å². The van der Waals surface area contributed by atoms with Crippen molar-refractivity contribution in [1.82, 2.24) is 14.7 Å². The first-order chi connectivity index (χ1) is 28.6. The fourth-order valence-corrected chi connectivity index (χ4v) is 9.36. The Morgan fingerprint density at radius 1 is 0.869 bits per heavy atom. The van der Waals surface area contributed by atoms with Crippen LogP contribution in [-0.4, -0.2) is 133 Å². The molecule has 0 saturated carbocycles. The summed E-state index contributed by atoms with van der Waals surface area (Å²) in [5.41, 5.74) is 0.255. The number of esters is 1. The van der Waals surface area contributed by atoms with Crippen LogP contribution in [0.1, 0.15) is 126 Å². The van der Waals surface area contributed by atoms with E-state index in [-0.39, 0.29) is 78.5 Å². The van der Waals surface area contributed by atoms with Crippen molar-refractivity contribution in [3.63, 3.8) is 0 Å². The molecule has 0 aliphatic carbocycles. The Hall–Kier alpha value is -3.19. The van der Waals surface area contributed by atoms with E-state index in [9.17, 15) is 24.0 Å². The number of carboxylic acids is 1. The predicted octanol–water partition coefficient (Wildman–Crippen LogP) is 7.59. The van der Waals surface area contributed by atoms with E-state index in [1.807, 2.05) is 88.7 Å². The fourth-order valence-electron chi connectivity index (χ4n) is 9.36. The Morgan fingerprint density at radius 3 is 2.03 bits per heavy atom. The van der Waals surface area contributed by atoms with Crippen molar-refractivity contribution in [3.05, 3.63) is 35.9 Å². The van der Waals surface area contributed by atoms with Gasteiger partial charge >= 0.3 is 11.9 Å². The number of Topliss-reactive ketones (excluding diaryl/α,β-unsaturated/α-hetero) is 2. The lowest BCUT2D eigenvalue weighted by atomic mass is 9.84. The molecule has 348 valence electrons. The number of hydrogen-bond acceptors (Lipinski definition) is 10. The van der Waals surface area contributed by atoms with Crippen molar-refractivity contribution in [2.75, 3.05) is 47.9 Å². The van der Waals surface area contributed by atoms with Crippen LogP contribution in [0.4, 0.5) is 0 Å². The molecule has 2 rings (SSSR count). The largest absolute Gasteiger partial charge is 0.481 e. The number of likely N-dealkylation sites (tertiary alicyclic amines) is 1. The lowest BCUT2D eigenvalue weighted by molar-refractivity contribution is -0.161. The van der Waals surface area contributed by atoms with Crippen LogP contribution in [0.15, 0.2) is 30.3 Å². The fraction of sp³-hybridized carbons (Fsp3) is 0.776. The minimum Gasteiger partial charge on any atom is -0.481 e. The molecule has 12 nitrogen and oxygen atoms in total. The lowest BCUT2D eigenvalue weighted by Gasteiger charge is -2.41. The summed E-state index contributed by atoms with van der Waals surface area (Å²) in [4.78, 5) is 73.2. The molecule has 1 fully saturated rings. The van der Waals surface area contributed by atoms with Crippen molar-refractivity contribution >= 4 is 29.4 Å². The monoisotopic (exact) mass is 858 g/mol. The zero-order valence-corrected chi connectivity index (χ0v) is 40.3. The van der Waals surface area contributed by atoms with Gasteiger partial charge in [-0.2, -0.15) is 0 Å². The van der Waals surface area contributed by atoms with Crippen LogP contribution in [-0.2, 0) is 44.6 Å². The number of carboxylic acid groups (broad SMARTS) is 1. The second-order valence-electron chi connectivity index (χ2n) is 19.5. The maximum atomic E-state index is 14.4. The average molecular weight is 858 g/mol. The zero-order valence-electron chi connectivity index (χ0n) is 40.3. The van der Waals surface area contributed by atoms with E-state index in [2.05, 4.69) is 39.6 Å². The minimum atomic E-state index is -0.835. The summed E-state index contributed by atoms with van der Waals surface area (Å²) in [5, 5.41) is 9.14. The molecule has 0 spiro atoms. The second kappa shape index (κ2) is 25.8.